The van der Waals surface area contributed by atoms with Crippen molar-refractivity contribution in [1.29, 1.82) is 0 Å². The van der Waals surface area contributed by atoms with Gasteiger partial charge in [-0.15, -0.1) is 11.3 Å². The lowest BCUT2D eigenvalue weighted by molar-refractivity contribution is 0.0851. The molecule has 0 bridgehead atoms. The van der Waals surface area contributed by atoms with Gasteiger partial charge in [0.2, 0.25) is 0 Å². The fraction of sp³-hybridized carbons (Fsp3) is 0.350. The zero-order chi connectivity index (χ0) is 18.1. The van der Waals surface area contributed by atoms with E-state index in [1.54, 1.807) is 23.5 Å². The number of nitrogens with zero attached hydrogens (tertiary/aromatic N) is 1. The fourth-order valence-electron chi connectivity index (χ4n) is 3.40. The summed E-state index contributed by atoms with van der Waals surface area (Å²) in [4.78, 5) is 14.0. The predicted octanol–water partition coefficient (Wildman–Crippen LogP) is 4.11. The number of nitrogens with one attached hydrogen (secondary N) is 1. The van der Waals surface area contributed by atoms with E-state index in [-0.39, 0.29) is 17.8 Å². The second kappa shape index (κ2) is 7.21. The highest BCUT2D eigenvalue weighted by Crippen LogP contribution is 2.29. The van der Waals surface area contributed by atoms with E-state index in [0.29, 0.717) is 18.8 Å². The maximum Gasteiger partial charge on any atom is 0.268 e. The van der Waals surface area contributed by atoms with E-state index in [1.807, 2.05) is 10.6 Å². The molecular weight excluding hydrogens is 351 g/mol. The van der Waals surface area contributed by atoms with Gasteiger partial charge in [0.05, 0.1) is 16.3 Å². The SMILES string of the molecule is Cc1cc2c(cc(C(=O)NC[C@@H]3CCCO3)n2Cc2ccc(F)cc2)s1. The Morgan fingerprint density at radius 3 is 2.88 bits per heavy atom. The molecule has 1 aromatic carbocycles. The fourth-order valence-corrected chi connectivity index (χ4v) is 4.36. The largest absolute Gasteiger partial charge is 0.376 e. The highest BCUT2D eigenvalue weighted by Gasteiger charge is 2.20. The summed E-state index contributed by atoms with van der Waals surface area (Å²) in [5.41, 5.74) is 2.63. The summed E-state index contributed by atoms with van der Waals surface area (Å²) >= 11 is 1.68. The van der Waals surface area contributed by atoms with Crippen LogP contribution in [0.1, 0.15) is 33.8 Å². The maximum atomic E-state index is 13.2. The minimum atomic E-state index is -0.257. The van der Waals surface area contributed by atoms with Crippen LogP contribution in [0.15, 0.2) is 36.4 Å². The Hall–Kier alpha value is -2.18. The molecule has 26 heavy (non-hydrogen) atoms. The lowest BCUT2D eigenvalue weighted by Crippen LogP contribution is -2.33. The molecule has 1 aliphatic rings. The van der Waals surface area contributed by atoms with Crippen LogP contribution in [0.2, 0.25) is 0 Å². The zero-order valence-corrected chi connectivity index (χ0v) is 15.4. The van der Waals surface area contributed by atoms with E-state index >= 15 is 0 Å². The minimum Gasteiger partial charge on any atom is -0.376 e. The molecule has 0 saturated carbocycles. The van der Waals surface area contributed by atoms with Gasteiger partial charge in [-0.3, -0.25) is 4.79 Å². The van der Waals surface area contributed by atoms with Gasteiger partial charge < -0.3 is 14.6 Å². The van der Waals surface area contributed by atoms with Crippen molar-refractivity contribution in [3.63, 3.8) is 0 Å². The molecule has 1 N–H and O–H groups in total. The lowest BCUT2D eigenvalue weighted by Gasteiger charge is -2.13. The summed E-state index contributed by atoms with van der Waals surface area (Å²) in [6.07, 6.45) is 2.16. The number of amides is 1. The van der Waals surface area contributed by atoms with Crippen LogP contribution < -0.4 is 5.32 Å². The third kappa shape index (κ3) is 3.52. The van der Waals surface area contributed by atoms with E-state index in [9.17, 15) is 9.18 Å². The van der Waals surface area contributed by atoms with Gasteiger partial charge in [-0.25, -0.2) is 4.39 Å². The maximum absolute atomic E-state index is 13.2. The van der Waals surface area contributed by atoms with Crippen molar-refractivity contribution in [3.8, 4) is 0 Å². The first-order valence-electron chi connectivity index (χ1n) is 8.84. The van der Waals surface area contributed by atoms with Gasteiger partial charge in [0.1, 0.15) is 11.5 Å². The van der Waals surface area contributed by atoms with Gasteiger partial charge in [-0.05, 0) is 49.6 Å². The number of halogens is 1. The number of benzene rings is 1. The molecule has 0 aliphatic carbocycles. The van der Waals surface area contributed by atoms with Gasteiger partial charge in [0.15, 0.2) is 0 Å². The van der Waals surface area contributed by atoms with E-state index < -0.39 is 0 Å². The van der Waals surface area contributed by atoms with Crippen molar-refractivity contribution in [3.05, 3.63) is 58.3 Å². The van der Waals surface area contributed by atoms with Crippen LogP contribution in [-0.2, 0) is 11.3 Å². The first kappa shape index (κ1) is 17.2. The molecule has 1 amide bonds. The number of hydrogen-bond donors (Lipinski definition) is 1. The monoisotopic (exact) mass is 372 g/mol. The molecule has 2 aromatic heterocycles. The van der Waals surface area contributed by atoms with Gasteiger partial charge >= 0.3 is 0 Å². The molecule has 1 atom stereocenters. The molecule has 0 spiro atoms. The molecule has 136 valence electrons. The third-order valence-electron chi connectivity index (χ3n) is 4.71. The van der Waals surface area contributed by atoms with Crippen molar-refractivity contribution in [2.24, 2.45) is 0 Å². The normalized spacial score (nSPS) is 17.1. The summed E-state index contributed by atoms with van der Waals surface area (Å²) in [7, 11) is 0. The molecule has 1 aliphatic heterocycles. The number of aromatic nitrogens is 1. The average Bonchev–Trinajstić information content (AvgIpc) is 3.32. The number of aryl methyl sites for hydroxylation is 1. The summed E-state index contributed by atoms with van der Waals surface area (Å²) in [6, 6.07) is 10.5. The molecule has 0 unspecified atom stereocenters. The van der Waals surface area contributed by atoms with Gasteiger partial charge in [0, 0.05) is 24.6 Å². The van der Waals surface area contributed by atoms with Crippen LogP contribution in [0.5, 0.6) is 0 Å². The minimum absolute atomic E-state index is 0.0938. The molecule has 1 saturated heterocycles. The van der Waals surface area contributed by atoms with Crippen LogP contribution in [0.3, 0.4) is 0 Å². The summed E-state index contributed by atoms with van der Waals surface area (Å²) in [6.45, 7) is 3.90. The third-order valence-corrected chi connectivity index (χ3v) is 5.70. The smallest absolute Gasteiger partial charge is 0.268 e. The number of hydrogen-bond acceptors (Lipinski definition) is 3. The Morgan fingerprint density at radius 1 is 1.35 bits per heavy atom. The molecule has 0 radical (unpaired) electrons. The van der Waals surface area contributed by atoms with Crippen molar-refractivity contribution in [2.45, 2.75) is 32.4 Å². The molecule has 3 heterocycles. The summed E-state index contributed by atoms with van der Waals surface area (Å²) < 4.78 is 21.9. The Labute approximate surface area is 155 Å². The average molecular weight is 372 g/mol. The zero-order valence-electron chi connectivity index (χ0n) is 14.6. The number of ether oxygens (including phenoxy) is 1. The standard InChI is InChI=1S/C20H21FN2O2S/c1-13-9-17-19(26-13)10-18(20(24)22-11-16-3-2-8-25-16)23(17)12-14-4-6-15(21)7-5-14/h4-7,9-10,16H,2-3,8,11-12H2,1H3,(H,22,24)/t16-/m0/s1. The van der Waals surface area contributed by atoms with E-state index in [0.717, 1.165) is 35.2 Å². The van der Waals surface area contributed by atoms with Crippen LogP contribution in [0.25, 0.3) is 10.2 Å². The molecule has 1 fully saturated rings. The van der Waals surface area contributed by atoms with Crippen LogP contribution in [0.4, 0.5) is 4.39 Å². The summed E-state index contributed by atoms with van der Waals surface area (Å²) in [5, 5.41) is 3.00. The predicted molar refractivity (Wildman–Crippen MR) is 101 cm³/mol. The quantitative estimate of drug-likeness (QED) is 0.732. The van der Waals surface area contributed by atoms with Gasteiger partial charge in [-0.1, -0.05) is 12.1 Å². The Balaban J connectivity index is 1.61. The summed E-state index contributed by atoms with van der Waals surface area (Å²) in [5.74, 6) is -0.351. The second-order valence-electron chi connectivity index (χ2n) is 6.69. The van der Waals surface area contributed by atoms with E-state index in [2.05, 4.69) is 18.3 Å². The number of thiophene rings is 1. The second-order valence-corrected chi connectivity index (χ2v) is 7.98. The molecule has 6 heteroatoms. The highest BCUT2D eigenvalue weighted by molar-refractivity contribution is 7.19. The van der Waals surface area contributed by atoms with Gasteiger partial charge in [0.25, 0.3) is 5.91 Å². The van der Waals surface area contributed by atoms with Crippen molar-refractivity contribution < 1.29 is 13.9 Å². The first-order valence-corrected chi connectivity index (χ1v) is 9.66. The first-order chi connectivity index (χ1) is 12.6. The number of fused-ring (bicyclic) bond motifs is 1. The Kier molecular flexibility index (Phi) is 4.78. The van der Waals surface area contributed by atoms with Crippen molar-refractivity contribution in [1.82, 2.24) is 9.88 Å². The van der Waals surface area contributed by atoms with Crippen molar-refractivity contribution >= 4 is 27.5 Å². The van der Waals surface area contributed by atoms with Crippen LogP contribution in [-0.4, -0.2) is 29.7 Å². The lowest BCUT2D eigenvalue weighted by atomic mass is 10.2. The van der Waals surface area contributed by atoms with E-state index in [4.69, 9.17) is 4.74 Å². The van der Waals surface area contributed by atoms with Crippen molar-refractivity contribution in [2.75, 3.05) is 13.2 Å². The van der Waals surface area contributed by atoms with Crippen LogP contribution >= 0.6 is 11.3 Å². The Morgan fingerprint density at radius 2 is 2.15 bits per heavy atom. The van der Waals surface area contributed by atoms with Gasteiger partial charge in [-0.2, -0.15) is 0 Å². The molecule has 3 aromatic rings. The van der Waals surface area contributed by atoms with E-state index in [1.165, 1.54) is 17.0 Å². The molecular formula is C20H21FN2O2S. The molecule has 4 rings (SSSR count). The number of carbonyl (C=O) groups excluding carboxylic acids is 1. The highest BCUT2D eigenvalue weighted by atomic mass is 32.1. The Bertz CT molecular complexity index is 923. The molecule has 4 nitrogen and oxygen atoms in total. The topological polar surface area (TPSA) is 43.3 Å². The number of carbonyl (C=O) groups is 1. The number of rotatable bonds is 5. The van der Waals surface area contributed by atoms with Crippen LogP contribution in [0, 0.1) is 12.7 Å².